The molecule has 0 saturated carbocycles. The minimum absolute atomic E-state index is 0.336. The van der Waals surface area contributed by atoms with Gasteiger partial charge in [0.05, 0.1) is 27.7 Å². The lowest BCUT2D eigenvalue weighted by molar-refractivity contribution is 0.0635. The van der Waals surface area contributed by atoms with Crippen molar-refractivity contribution in [1.82, 2.24) is 0 Å². The quantitative estimate of drug-likeness (QED) is 0.779. The number of nitrogens with one attached hydrogen (secondary N) is 2. The van der Waals surface area contributed by atoms with Crippen LogP contribution in [0.2, 0.25) is 4.34 Å². The maximum Gasteiger partial charge on any atom is 0.412 e. The zero-order chi connectivity index (χ0) is 18.6. The van der Waals surface area contributed by atoms with Gasteiger partial charge in [0.15, 0.2) is 0 Å². The summed E-state index contributed by atoms with van der Waals surface area (Å²) < 4.78 is 10.9. The van der Waals surface area contributed by atoms with Crippen LogP contribution in [0.1, 0.15) is 30.4 Å². The summed E-state index contributed by atoms with van der Waals surface area (Å²) in [4.78, 5) is 24.8. The second-order valence-electron chi connectivity index (χ2n) is 6.10. The van der Waals surface area contributed by atoms with Gasteiger partial charge < -0.3 is 14.8 Å². The van der Waals surface area contributed by atoms with Crippen LogP contribution in [0.15, 0.2) is 30.3 Å². The fraction of sp³-hybridized carbons (Fsp3) is 0.294. The molecule has 2 aromatic rings. The van der Waals surface area contributed by atoms with Gasteiger partial charge in [0.1, 0.15) is 11.4 Å². The number of halogens is 1. The molecule has 0 fully saturated rings. The smallest absolute Gasteiger partial charge is 0.412 e. The Morgan fingerprint density at radius 1 is 1.08 bits per heavy atom. The molecule has 0 aliphatic rings. The van der Waals surface area contributed by atoms with E-state index in [0.29, 0.717) is 26.3 Å². The average Bonchev–Trinajstić information content (AvgIpc) is 2.93. The van der Waals surface area contributed by atoms with Crippen molar-refractivity contribution in [3.8, 4) is 5.75 Å². The molecule has 8 heteroatoms. The molecular weight excluding hydrogens is 364 g/mol. The van der Waals surface area contributed by atoms with Crippen molar-refractivity contribution in [2.75, 3.05) is 17.7 Å². The van der Waals surface area contributed by atoms with Crippen LogP contribution < -0.4 is 15.4 Å². The molecule has 0 bridgehead atoms. The molecule has 6 nitrogen and oxygen atoms in total. The molecule has 1 heterocycles. The number of rotatable bonds is 4. The highest BCUT2D eigenvalue weighted by molar-refractivity contribution is 7.18. The summed E-state index contributed by atoms with van der Waals surface area (Å²) in [5, 5.41) is 5.37. The van der Waals surface area contributed by atoms with Crippen LogP contribution in [0, 0.1) is 0 Å². The molecule has 2 N–H and O–H groups in total. The normalized spacial score (nSPS) is 10.9. The van der Waals surface area contributed by atoms with E-state index >= 15 is 0 Å². The number of hydrogen-bond donors (Lipinski definition) is 2. The number of ether oxygens (including phenoxy) is 2. The monoisotopic (exact) mass is 382 g/mol. The van der Waals surface area contributed by atoms with Crippen LogP contribution in [0.25, 0.3) is 0 Å². The van der Waals surface area contributed by atoms with Crippen molar-refractivity contribution in [2.24, 2.45) is 0 Å². The van der Waals surface area contributed by atoms with Gasteiger partial charge in [-0.25, -0.2) is 4.79 Å². The molecule has 0 spiro atoms. The summed E-state index contributed by atoms with van der Waals surface area (Å²) in [6.45, 7) is 5.30. The van der Waals surface area contributed by atoms with E-state index < -0.39 is 11.7 Å². The van der Waals surface area contributed by atoms with E-state index in [2.05, 4.69) is 10.6 Å². The number of amides is 2. The molecule has 2 amide bonds. The Labute approximate surface area is 155 Å². The standard InChI is InChI=1S/C17H19ClN2O4S/c1-17(2,3)24-16(22)20-11-6-5-10(23-4)9-12(11)19-15(21)13-7-8-14(18)25-13/h5-9H,1-4H3,(H,19,21)(H,20,22). The van der Waals surface area contributed by atoms with E-state index in [9.17, 15) is 9.59 Å². The SMILES string of the molecule is COc1ccc(NC(=O)OC(C)(C)C)c(NC(=O)c2ccc(Cl)s2)c1. The fourth-order valence-electron chi connectivity index (χ4n) is 1.90. The molecule has 2 rings (SSSR count). The molecule has 0 unspecified atom stereocenters. The highest BCUT2D eigenvalue weighted by atomic mass is 35.5. The van der Waals surface area contributed by atoms with Gasteiger partial charge in [-0.2, -0.15) is 0 Å². The zero-order valence-corrected chi connectivity index (χ0v) is 15.9. The lowest BCUT2D eigenvalue weighted by Gasteiger charge is -2.20. The molecule has 0 aliphatic heterocycles. The van der Waals surface area contributed by atoms with E-state index in [1.54, 1.807) is 51.1 Å². The van der Waals surface area contributed by atoms with Gasteiger partial charge in [-0.3, -0.25) is 10.1 Å². The number of thiophene rings is 1. The first kappa shape index (κ1) is 19.1. The Morgan fingerprint density at radius 3 is 2.36 bits per heavy atom. The average molecular weight is 383 g/mol. The van der Waals surface area contributed by atoms with Gasteiger partial charge in [0, 0.05) is 6.07 Å². The Kier molecular flexibility index (Phi) is 5.92. The Bertz CT molecular complexity index is 783. The van der Waals surface area contributed by atoms with Gasteiger partial charge >= 0.3 is 6.09 Å². The van der Waals surface area contributed by atoms with E-state index in [-0.39, 0.29) is 5.91 Å². The molecule has 1 aromatic carbocycles. The topological polar surface area (TPSA) is 76.7 Å². The first-order chi connectivity index (χ1) is 11.7. The van der Waals surface area contributed by atoms with Gasteiger partial charge in [-0.05, 0) is 45.0 Å². The molecule has 134 valence electrons. The lowest BCUT2D eigenvalue weighted by atomic mass is 10.2. The van der Waals surface area contributed by atoms with E-state index in [0.717, 1.165) is 11.3 Å². The summed E-state index contributed by atoms with van der Waals surface area (Å²) >= 11 is 7.02. The number of anilines is 2. The van der Waals surface area contributed by atoms with Crippen molar-refractivity contribution in [2.45, 2.75) is 26.4 Å². The number of carbonyl (C=O) groups is 2. The molecule has 0 saturated heterocycles. The first-order valence-corrected chi connectivity index (χ1v) is 8.62. The van der Waals surface area contributed by atoms with Gasteiger partial charge in [0.25, 0.3) is 5.91 Å². The summed E-state index contributed by atoms with van der Waals surface area (Å²) in [5.74, 6) is 0.201. The number of carbonyl (C=O) groups excluding carboxylic acids is 2. The van der Waals surface area contributed by atoms with Crippen molar-refractivity contribution < 1.29 is 19.1 Å². The lowest BCUT2D eigenvalue weighted by Crippen LogP contribution is -2.27. The van der Waals surface area contributed by atoms with Crippen LogP contribution in [0.5, 0.6) is 5.75 Å². The van der Waals surface area contributed by atoms with Crippen LogP contribution >= 0.6 is 22.9 Å². The van der Waals surface area contributed by atoms with E-state index in [1.165, 1.54) is 7.11 Å². The third-order valence-corrected chi connectivity index (χ3v) is 4.14. The Balaban J connectivity index is 2.22. The van der Waals surface area contributed by atoms with Crippen LogP contribution in [0.3, 0.4) is 0 Å². The molecule has 1 aromatic heterocycles. The predicted octanol–water partition coefficient (Wildman–Crippen LogP) is 5.01. The minimum Gasteiger partial charge on any atom is -0.497 e. The molecule has 0 atom stereocenters. The number of hydrogen-bond acceptors (Lipinski definition) is 5. The summed E-state index contributed by atoms with van der Waals surface area (Å²) in [6, 6.07) is 8.18. The third kappa shape index (κ3) is 5.65. The maximum atomic E-state index is 12.3. The van der Waals surface area contributed by atoms with Crippen molar-refractivity contribution in [3.05, 3.63) is 39.5 Å². The summed E-state index contributed by atoms with van der Waals surface area (Å²) in [6.07, 6.45) is -0.618. The van der Waals surface area contributed by atoms with Crippen molar-refractivity contribution >= 4 is 46.3 Å². The first-order valence-electron chi connectivity index (χ1n) is 7.42. The van der Waals surface area contributed by atoms with Crippen LogP contribution in [-0.4, -0.2) is 24.7 Å². The zero-order valence-electron chi connectivity index (χ0n) is 14.3. The summed E-state index contributed by atoms with van der Waals surface area (Å²) in [7, 11) is 1.51. The molecule has 25 heavy (non-hydrogen) atoms. The van der Waals surface area contributed by atoms with E-state index in [1.807, 2.05) is 0 Å². The second-order valence-corrected chi connectivity index (χ2v) is 7.81. The fourth-order valence-corrected chi connectivity index (χ4v) is 2.83. The van der Waals surface area contributed by atoms with Crippen LogP contribution in [-0.2, 0) is 4.74 Å². The highest BCUT2D eigenvalue weighted by Crippen LogP contribution is 2.29. The maximum absolute atomic E-state index is 12.3. The van der Waals surface area contributed by atoms with Crippen LogP contribution in [0.4, 0.5) is 16.2 Å². The Hall–Kier alpha value is -2.25. The van der Waals surface area contributed by atoms with Gasteiger partial charge in [0.2, 0.25) is 0 Å². The van der Waals surface area contributed by atoms with Crippen molar-refractivity contribution in [3.63, 3.8) is 0 Å². The largest absolute Gasteiger partial charge is 0.497 e. The highest BCUT2D eigenvalue weighted by Gasteiger charge is 2.18. The van der Waals surface area contributed by atoms with Crippen molar-refractivity contribution in [1.29, 1.82) is 0 Å². The minimum atomic E-state index is -0.631. The van der Waals surface area contributed by atoms with Gasteiger partial charge in [-0.15, -0.1) is 11.3 Å². The molecule has 0 aliphatic carbocycles. The molecular formula is C17H19ClN2O4S. The summed E-state index contributed by atoms with van der Waals surface area (Å²) in [5.41, 5.74) is 0.152. The number of methoxy groups -OCH3 is 1. The van der Waals surface area contributed by atoms with Gasteiger partial charge in [-0.1, -0.05) is 11.6 Å². The Morgan fingerprint density at radius 2 is 1.80 bits per heavy atom. The third-order valence-electron chi connectivity index (χ3n) is 2.91. The predicted molar refractivity (Wildman–Crippen MR) is 100 cm³/mol. The number of benzene rings is 1. The molecule has 0 radical (unpaired) electrons. The van der Waals surface area contributed by atoms with E-state index in [4.69, 9.17) is 21.1 Å². The second kappa shape index (κ2) is 7.76.